The van der Waals surface area contributed by atoms with Crippen LogP contribution in [0, 0.1) is 65.8 Å². The molecule has 1 nitrogen and oxygen atoms in total. The van der Waals surface area contributed by atoms with E-state index in [0.29, 0.717) is 0 Å². The van der Waals surface area contributed by atoms with Crippen LogP contribution in [0.25, 0.3) is 0 Å². The van der Waals surface area contributed by atoms with Gasteiger partial charge >= 0.3 is 44.8 Å². The van der Waals surface area contributed by atoms with Crippen molar-refractivity contribution in [3.05, 3.63) is 65.8 Å². The van der Waals surface area contributed by atoms with Crippen LogP contribution in [0.3, 0.4) is 0 Å². The number of hydrogen-bond donors (Lipinski definition) is 0. The Bertz CT molecular complexity index is 239. The Morgan fingerprint density at radius 2 is 0.458 bits per heavy atom. The predicted molar refractivity (Wildman–Crippen MR) is 98.9 cm³/mol. The molecule has 2 rings (SSSR count). The van der Waals surface area contributed by atoms with Crippen LogP contribution in [-0.4, -0.2) is 11.7 Å². The van der Waals surface area contributed by atoms with Gasteiger partial charge < -0.3 is 0 Å². The molecule has 2 saturated carbocycles. The summed E-state index contributed by atoms with van der Waals surface area (Å²) in [6.45, 7) is 26.5. The quantitative estimate of drug-likeness (QED) is 0.253. The van der Waals surface area contributed by atoms with E-state index in [9.17, 15) is 0 Å². The molecule has 0 aromatic heterocycles. The SMILES string of the molecule is C[C]1[C](C)[C](C)[C](C)[C]1C.C[C]1[C](C)[C](C)[C](C)[C]1C.[C-]#[O+].[Se]=[Zr]. The van der Waals surface area contributed by atoms with Gasteiger partial charge in [0.15, 0.2) is 0 Å². The summed E-state index contributed by atoms with van der Waals surface area (Å²) in [6.07, 6.45) is 0. The van der Waals surface area contributed by atoms with Crippen molar-refractivity contribution in [1.82, 2.24) is 0 Å². The van der Waals surface area contributed by atoms with Crippen LogP contribution in [0.2, 0.25) is 0 Å². The summed E-state index contributed by atoms with van der Waals surface area (Å²) in [4.78, 5) is 0. The van der Waals surface area contributed by atoms with E-state index in [1.54, 1.807) is 0 Å². The van der Waals surface area contributed by atoms with Gasteiger partial charge in [-0.15, -0.1) is 0 Å². The van der Waals surface area contributed by atoms with Crippen molar-refractivity contribution in [2.24, 2.45) is 0 Å². The third-order valence-electron chi connectivity index (χ3n) is 5.62. The molecule has 0 aromatic carbocycles. The maximum atomic E-state index is 7.50. The molecule has 0 saturated heterocycles. The Hall–Kier alpha value is 1.14. The second-order valence-electron chi connectivity index (χ2n) is 6.25. The summed E-state index contributed by atoms with van der Waals surface area (Å²) < 4.78 is 7.50. The molecule has 130 valence electrons. The molecule has 0 bridgehead atoms. The van der Waals surface area contributed by atoms with E-state index in [4.69, 9.17) is 4.65 Å². The van der Waals surface area contributed by atoms with Gasteiger partial charge in [-0.3, -0.25) is 0 Å². The monoisotopic (exact) mass is 468 g/mol. The third kappa shape index (κ3) is 6.70. The van der Waals surface area contributed by atoms with Gasteiger partial charge in [0.2, 0.25) is 0 Å². The van der Waals surface area contributed by atoms with Crippen LogP contribution >= 0.6 is 0 Å². The van der Waals surface area contributed by atoms with Gasteiger partial charge in [-0.05, 0) is 59.2 Å². The summed E-state index contributed by atoms with van der Waals surface area (Å²) in [7, 11) is 0. The molecule has 0 heterocycles. The second kappa shape index (κ2) is 13.3. The second-order valence-corrected chi connectivity index (χ2v) is 6.25. The molecule has 0 atom stereocenters. The summed E-state index contributed by atoms with van der Waals surface area (Å²) in [5.41, 5.74) is 0. The van der Waals surface area contributed by atoms with Gasteiger partial charge in [-0.25, -0.2) is 0 Å². The minimum atomic E-state index is 1.43. The van der Waals surface area contributed by atoms with Crippen molar-refractivity contribution in [2.45, 2.75) is 69.2 Å². The standard InChI is InChI=1S/2C10H15.CO.Se.Zr/c2*1-6-7(2)9(4)10(5)8(6)3;1-2;;/h2*1-5H3;;;. The van der Waals surface area contributed by atoms with Gasteiger partial charge in [0.1, 0.15) is 0 Å². The Balaban J connectivity index is 0. The van der Waals surface area contributed by atoms with Gasteiger partial charge in [-0.1, -0.05) is 69.2 Å². The first-order valence-electron chi connectivity index (χ1n) is 7.91. The van der Waals surface area contributed by atoms with Crippen molar-refractivity contribution in [3.8, 4) is 0 Å². The summed E-state index contributed by atoms with van der Waals surface area (Å²) in [5, 5.41) is 0. The van der Waals surface area contributed by atoms with Crippen LogP contribution in [0.5, 0.6) is 0 Å². The average Bonchev–Trinajstić information content (AvgIpc) is 2.89. The Kier molecular flexibility index (Phi) is 15.2. The zero-order chi connectivity index (χ0) is 19.8. The maximum absolute atomic E-state index is 7.50. The molecule has 0 unspecified atom stereocenters. The molecule has 0 spiro atoms. The summed E-state index contributed by atoms with van der Waals surface area (Å²) >= 11 is 4.14. The fraction of sp³-hybridized carbons (Fsp3) is 0.476. The molecule has 3 heteroatoms. The first-order chi connectivity index (χ1) is 11.1. The molecule has 2 aliphatic carbocycles. The number of rotatable bonds is 0. The van der Waals surface area contributed by atoms with Gasteiger partial charge in [-0.2, -0.15) is 0 Å². The van der Waals surface area contributed by atoms with Crippen molar-refractivity contribution in [1.29, 1.82) is 0 Å². The van der Waals surface area contributed by atoms with E-state index < -0.39 is 0 Å². The fourth-order valence-corrected chi connectivity index (χ4v) is 2.81. The zero-order valence-electron chi connectivity index (χ0n) is 16.8. The van der Waals surface area contributed by atoms with E-state index in [-0.39, 0.29) is 0 Å². The van der Waals surface area contributed by atoms with Gasteiger partial charge in [0, 0.05) is 0 Å². The van der Waals surface area contributed by atoms with Crippen molar-refractivity contribution < 1.29 is 26.4 Å². The summed E-state index contributed by atoms with van der Waals surface area (Å²) in [6, 6.07) is 0. The Morgan fingerprint density at radius 3 is 0.500 bits per heavy atom. The molecule has 0 amide bonds. The van der Waals surface area contributed by atoms with Crippen LogP contribution in [-0.2, 0) is 26.4 Å². The molecule has 10 radical (unpaired) electrons. The van der Waals surface area contributed by atoms with Crippen molar-refractivity contribution >= 4 is 11.7 Å². The average molecular weight is 469 g/mol. The molecule has 2 fully saturated rings. The molecule has 24 heavy (non-hydrogen) atoms. The molecule has 0 N–H and O–H groups in total. The van der Waals surface area contributed by atoms with Crippen LogP contribution in [0.1, 0.15) is 69.2 Å². The molecule has 0 aliphatic heterocycles. The van der Waals surface area contributed by atoms with Gasteiger partial charge in [0.25, 0.3) is 0 Å². The van der Waals surface area contributed by atoms with Crippen LogP contribution < -0.4 is 0 Å². The first kappa shape index (κ1) is 27.4. The number of hydrogen-bond acceptors (Lipinski definition) is 0. The molecular weight excluding hydrogens is 438 g/mol. The molecular formula is C21H30OSeZr. The van der Waals surface area contributed by atoms with E-state index in [0.717, 1.165) is 0 Å². The minimum absolute atomic E-state index is 1.43. The van der Waals surface area contributed by atoms with E-state index >= 15 is 0 Å². The van der Waals surface area contributed by atoms with Crippen molar-refractivity contribution in [2.75, 3.05) is 0 Å². The Labute approximate surface area is 172 Å². The van der Waals surface area contributed by atoms with Crippen LogP contribution in [0.4, 0.5) is 0 Å². The topological polar surface area (TPSA) is 19.9 Å². The Morgan fingerprint density at radius 1 is 0.417 bits per heavy atom. The zero-order valence-corrected chi connectivity index (χ0v) is 21.0. The van der Waals surface area contributed by atoms with E-state index in [2.05, 4.69) is 87.6 Å². The normalized spacial score (nSPS) is 24.0. The van der Waals surface area contributed by atoms with Crippen molar-refractivity contribution in [3.63, 3.8) is 0 Å². The van der Waals surface area contributed by atoms with E-state index in [1.165, 1.54) is 80.9 Å². The first-order valence-corrected chi connectivity index (χ1v) is 14.0. The molecule has 2 aliphatic rings. The summed E-state index contributed by atoms with van der Waals surface area (Å²) in [5.74, 6) is 14.7. The molecule has 0 aromatic rings. The van der Waals surface area contributed by atoms with Crippen LogP contribution in [0.15, 0.2) is 0 Å². The fourth-order valence-electron chi connectivity index (χ4n) is 2.81. The third-order valence-corrected chi connectivity index (χ3v) is 5.62. The predicted octanol–water partition coefficient (Wildman–Crippen LogP) is 5.52. The van der Waals surface area contributed by atoms with Gasteiger partial charge in [0.05, 0.1) is 0 Å². The van der Waals surface area contributed by atoms with E-state index in [1.807, 2.05) is 0 Å².